The van der Waals surface area contributed by atoms with Gasteiger partial charge in [0.2, 0.25) is 0 Å². The Hall–Kier alpha value is -1.25. The minimum Gasteiger partial charge on any atom is -0.299 e. The van der Waals surface area contributed by atoms with Crippen molar-refractivity contribution in [2.75, 3.05) is 0 Å². The molecule has 1 aromatic rings. The van der Waals surface area contributed by atoms with Crippen LogP contribution in [0.4, 0.5) is 8.78 Å². The molecule has 2 atom stereocenters. The maximum Gasteiger partial charge on any atom is 0.268 e. The predicted molar refractivity (Wildman–Crippen MR) is 52.9 cm³/mol. The summed E-state index contributed by atoms with van der Waals surface area (Å²) in [5.74, 6) is -4.30. The quantitative estimate of drug-likeness (QED) is 0.733. The molecule has 80 valence electrons. The van der Waals surface area contributed by atoms with E-state index in [0.717, 1.165) is 0 Å². The Morgan fingerprint density at radius 2 is 1.80 bits per heavy atom. The number of Topliss-reactive ketones (excluding diaryl/α,β-unsaturated/α-hetero) is 1. The second-order valence-corrected chi connectivity index (χ2v) is 4.23. The van der Waals surface area contributed by atoms with Gasteiger partial charge in [-0.1, -0.05) is 30.3 Å². The number of hydrogen-bond acceptors (Lipinski definition) is 1. The number of halogens is 2. The molecule has 0 radical (unpaired) electrons. The number of benzene rings is 1. The lowest BCUT2D eigenvalue weighted by Gasteiger charge is -2.03. The van der Waals surface area contributed by atoms with Crippen LogP contribution in [-0.2, 0) is 4.79 Å². The van der Waals surface area contributed by atoms with Crippen molar-refractivity contribution in [2.24, 2.45) is 5.41 Å². The highest BCUT2D eigenvalue weighted by Gasteiger charge is 2.80. The average molecular weight is 210 g/mol. The zero-order valence-electron chi connectivity index (χ0n) is 8.63. The third kappa shape index (κ3) is 1.15. The van der Waals surface area contributed by atoms with Crippen molar-refractivity contribution in [1.29, 1.82) is 0 Å². The number of carbonyl (C=O) groups is 1. The van der Waals surface area contributed by atoms with E-state index in [-0.39, 0.29) is 0 Å². The summed E-state index contributed by atoms with van der Waals surface area (Å²) >= 11 is 0. The average Bonchev–Trinajstić information content (AvgIpc) is 2.64. The molecular weight excluding hydrogens is 198 g/mol. The largest absolute Gasteiger partial charge is 0.299 e. The topological polar surface area (TPSA) is 17.1 Å². The Bertz CT molecular complexity index is 399. The van der Waals surface area contributed by atoms with E-state index in [1.165, 1.54) is 13.8 Å². The highest BCUT2D eigenvalue weighted by atomic mass is 19.3. The van der Waals surface area contributed by atoms with Gasteiger partial charge >= 0.3 is 0 Å². The van der Waals surface area contributed by atoms with E-state index in [0.29, 0.717) is 5.56 Å². The molecule has 0 spiro atoms. The summed E-state index contributed by atoms with van der Waals surface area (Å²) in [4.78, 5) is 11.2. The SMILES string of the molecule is CC(=O)C1(C)C(c2ccccc2)C1(F)F. The van der Waals surface area contributed by atoms with Gasteiger partial charge in [0.05, 0.1) is 5.92 Å². The maximum atomic E-state index is 13.6. The molecule has 2 rings (SSSR count). The highest BCUT2D eigenvalue weighted by molar-refractivity contribution is 5.89. The second kappa shape index (κ2) is 2.87. The molecule has 1 fully saturated rings. The molecule has 0 aliphatic heterocycles. The standard InChI is InChI=1S/C12H12F2O/c1-8(15)11(2)10(12(11,13)14)9-6-4-3-5-7-9/h3-7,10H,1-2H3. The van der Waals surface area contributed by atoms with Gasteiger partial charge < -0.3 is 0 Å². The van der Waals surface area contributed by atoms with Gasteiger partial charge in [-0.2, -0.15) is 0 Å². The van der Waals surface area contributed by atoms with Crippen molar-refractivity contribution >= 4 is 5.78 Å². The van der Waals surface area contributed by atoms with E-state index < -0.39 is 23.0 Å². The monoisotopic (exact) mass is 210 g/mol. The number of hydrogen-bond donors (Lipinski definition) is 0. The first-order valence-corrected chi connectivity index (χ1v) is 4.86. The van der Waals surface area contributed by atoms with Crippen molar-refractivity contribution < 1.29 is 13.6 Å². The van der Waals surface area contributed by atoms with Crippen LogP contribution in [0.25, 0.3) is 0 Å². The molecule has 1 aromatic carbocycles. The first-order valence-electron chi connectivity index (χ1n) is 4.86. The van der Waals surface area contributed by atoms with Crippen LogP contribution in [0.15, 0.2) is 30.3 Å². The Morgan fingerprint density at radius 1 is 1.27 bits per heavy atom. The van der Waals surface area contributed by atoms with Crippen molar-refractivity contribution in [3.05, 3.63) is 35.9 Å². The van der Waals surface area contributed by atoms with Crippen molar-refractivity contribution in [3.63, 3.8) is 0 Å². The third-order valence-corrected chi connectivity index (χ3v) is 3.41. The summed E-state index contributed by atoms with van der Waals surface area (Å²) in [6.45, 7) is 2.57. The number of alkyl halides is 2. The van der Waals surface area contributed by atoms with Crippen LogP contribution in [-0.4, -0.2) is 11.7 Å². The van der Waals surface area contributed by atoms with Crippen LogP contribution in [0.1, 0.15) is 25.3 Å². The molecule has 0 aromatic heterocycles. The van der Waals surface area contributed by atoms with Crippen molar-refractivity contribution in [1.82, 2.24) is 0 Å². The zero-order chi connectivity index (χ0) is 11.3. The molecule has 15 heavy (non-hydrogen) atoms. The Labute approximate surface area is 87.1 Å². The lowest BCUT2D eigenvalue weighted by Crippen LogP contribution is -2.15. The first kappa shape index (κ1) is 10.3. The van der Waals surface area contributed by atoms with Gasteiger partial charge in [-0.05, 0) is 19.4 Å². The smallest absolute Gasteiger partial charge is 0.268 e. The summed E-state index contributed by atoms with van der Waals surface area (Å²) in [5.41, 5.74) is -0.964. The fourth-order valence-electron chi connectivity index (χ4n) is 2.16. The van der Waals surface area contributed by atoms with Gasteiger partial charge in [0, 0.05) is 0 Å². The molecule has 0 bridgehead atoms. The van der Waals surface area contributed by atoms with Crippen LogP contribution >= 0.6 is 0 Å². The van der Waals surface area contributed by atoms with Gasteiger partial charge in [-0.25, -0.2) is 8.78 Å². The van der Waals surface area contributed by atoms with Crippen LogP contribution in [0.5, 0.6) is 0 Å². The van der Waals surface area contributed by atoms with Crippen molar-refractivity contribution in [3.8, 4) is 0 Å². The van der Waals surface area contributed by atoms with E-state index in [4.69, 9.17) is 0 Å². The fraction of sp³-hybridized carbons (Fsp3) is 0.417. The molecule has 2 unspecified atom stereocenters. The number of ketones is 1. The van der Waals surface area contributed by atoms with Crippen LogP contribution in [0.2, 0.25) is 0 Å². The molecular formula is C12H12F2O. The lowest BCUT2D eigenvalue weighted by molar-refractivity contribution is -0.124. The lowest BCUT2D eigenvalue weighted by atomic mass is 9.97. The summed E-state index contributed by atoms with van der Waals surface area (Å²) in [7, 11) is 0. The molecule has 1 aliphatic carbocycles. The molecule has 1 saturated carbocycles. The van der Waals surface area contributed by atoms with Gasteiger partial charge in [-0.3, -0.25) is 4.79 Å². The molecule has 0 heterocycles. The molecule has 1 aliphatic rings. The maximum absolute atomic E-state index is 13.6. The molecule has 0 saturated heterocycles. The second-order valence-electron chi connectivity index (χ2n) is 4.23. The summed E-state index contributed by atoms with van der Waals surface area (Å²) < 4.78 is 27.1. The summed E-state index contributed by atoms with van der Waals surface area (Å²) in [6, 6.07) is 8.49. The highest BCUT2D eigenvalue weighted by Crippen LogP contribution is 2.71. The van der Waals surface area contributed by atoms with Crippen LogP contribution in [0.3, 0.4) is 0 Å². The van der Waals surface area contributed by atoms with E-state index in [1.54, 1.807) is 30.3 Å². The van der Waals surface area contributed by atoms with Gasteiger partial charge in [0.25, 0.3) is 5.92 Å². The van der Waals surface area contributed by atoms with Gasteiger partial charge in [0.15, 0.2) is 0 Å². The number of carbonyl (C=O) groups excluding carboxylic acids is 1. The van der Waals surface area contributed by atoms with E-state index in [1.807, 2.05) is 0 Å². The third-order valence-electron chi connectivity index (χ3n) is 3.41. The Morgan fingerprint density at radius 3 is 2.20 bits per heavy atom. The van der Waals surface area contributed by atoms with E-state index >= 15 is 0 Å². The Kier molecular flexibility index (Phi) is 1.97. The predicted octanol–water partition coefficient (Wildman–Crippen LogP) is 3.01. The minimum atomic E-state index is -2.90. The molecule has 3 heteroatoms. The Balaban J connectivity index is 2.39. The summed E-state index contributed by atoms with van der Waals surface area (Å²) in [6.07, 6.45) is 0. The molecule has 0 amide bonds. The fourth-order valence-corrected chi connectivity index (χ4v) is 2.16. The van der Waals surface area contributed by atoms with Crippen molar-refractivity contribution in [2.45, 2.75) is 25.7 Å². The van der Waals surface area contributed by atoms with Gasteiger partial charge in [0.1, 0.15) is 11.2 Å². The normalized spacial score (nSPS) is 32.4. The number of rotatable bonds is 2. The molecule has 0 N–H and O–H groups in total. The zero-order valence-corrected chi connectivity index (χ0v) is 8.63. The summed E-state index contributed by atoms with van der Waals surface area (Å²) in [5, 5.41) is 0. The minimum absolute atomic E-state index is 0.443. The molecule has 1 nitrogen and oxygen atoms in total. The van der Waals surface area contributed by atoms with Gasteiger partial charge in [-0.15, -0.1) is 0 Å². The first-order chi connectivity index (χ1) is 6.92. The van der Waals surface area contributed by atoms with E-state index in [9.17, 15) is 13.6 Å². The van der Waals surface area contributed by atoms with E-state index in [2.05, 4.69) is 0 Å². The van der Waals surface area contributed by atoms with Crippen LogP contribution in [0, 0.1) is 5.41 Å². The van der Waals surface area contributed by atoms with Crippen LogP contribution < -0.4 is 0 Å².